The summed E-state index contributed by atoms with van der Waals surface area (Å²) >= 11 is 0. The molecule has 0 bridgehead atoms. The minimum Gasteiger partial charge on any atom is -0.485 e. The van der Waals surface area contributed by atoms with Crippen molar-refractivity contribution in [3.63, 3.8) is 0 Å². The summed E-state index contributed by atoms with van der Waals surface area (Å²) in [5.41, 5.74) is 6.17. The van der Waals surface area contributed by atoms with Crippen molar-refractivity contribution in [1.82, 2.24) is 29.4 Å². The van der Waals surface area contributed by atoms with Crippen LogP contribution in [-0.2, 0) is 6.61 Å². The number of ether oxygens (including phenoxy) is 2. The Hall–Kier alpha value is -4.92. The van der Waals surface area contributed by atoms with E-state index in [2.05, 4.69) is 10.1 Å². The third kappa shape index (κ3) is 3.47. The predicted octanol–water partition coefficient (Wildman–Crippen LogP) is 5.69. The summed E-state index contributed by atoms with van der Waals surface area (Å²) in [6.45, 7) is 6.26. The maximum absolute atomic E-state index is 6.43. The maximum Gasteiger partial charge on any atom is 0.230 e. The maximum atomic E-state index is 6.43. The Morgan fingerprint density at radius 3 is 2.47 bits per heavy atom. The van der Waals surface area contributed by atoms with Gasteiger partial charge in [0.1, 0.15) is 24.4 Å². The molecule has 0 unspecified atom stereocenters. The second-order valence-corrected chi connectivity index (χ2v) is 9.37. The van der Waals surface area contributed by atoms with Crippen LogP contribution >= 0.6 is 0 Å². The van der Waals surface area contributed by atoms with Crippen molar-refractivity contribution < 1.29 is 13.9 Å². The van der Waals surface area contributed by atoms with E-state index in [1.165, 1.54) is 0 Å². The summed E-state index contributed by atoms with van der Waals surface area (Å²) < 4.78 is 22.0. The van der Waals surface area contributed by atoms with E-state index in [0.29, 0.717) is 23.2 Å². The van der Waals surface area contributed by atoms with E-state index in [9.17, 15) is 0 Å². The molecule has 9 nitrogen and oxygen atoms in total. The van der Waals surface area contributed by atoms with Gasteiger partial charge in [0.15, 0.2) is 11.5 Å². The van der Waals surface area contributed by atoms with Crippen molar-refractivity contribution in [3.8, 4) is 23.2 Å². The van der Waals surface area contributed by atoms with E-state index in [1.807, 2.05) is 86.1 Å². The molecule has 0 fully saturated rings. The van der Waals surface area contributed by atoms with E-state index in [4.69, 9.17) is 24.0 Å². The van der Waals surface area contributed by atoms with Gasteiger partial charge in [0, 0.05) is 0 Å². The van der Waals surface area contributed by atoms with Crippen molar-refractivity contribution in [2.24, 2.45) is 0 Å². The van der Waals surface area contributed by atoms with Gasteiger partial charge in [-0.15, -0.1) is 5.10 Å². The molecule has 2 aromatic carbocycles. The van der Waals surface area contributed by atoms with Gasteiger partial charge in [-0.1, -0.05) is 36.4 Å². The van der Waals surface area contributed by atoms with Crippen molar-refractivity contribution in [2.45, 2.75) is 33.3 Å². The molecule has 9 heteroatoms. The lowest BCUT2D eigenvalue weighted by molar-refractivity contribution is 0.292. The van der Waals surface area contributed by atoms with Gasteiger partial charge < -0.3 is 13.9 Å². The first-order valence-electron chi connectivity index (χ1n) is 12.4. The van der Waals surface area contributed by atoms with Crippen LogP contribution < -0.4 is 9.47 Å². The molecule has 1 aliphatic rings. The van der Waals surface area contributed by atoms with Crippen LogP contribution in [-0.4, -0.2) is 29.4 Å². The second-order valence-electron chi connectivity index (χ2n) is 9.37. The van der Waals surface area contributed by atoms with Crippen LogP contribution in [0.3, 0.4) is 0 Å². The number of fused-ring (bicyclic) bond motifs is 4. The van der Waals surface area contributed by atoms with Crippen LogP contribution in [0.1, 0.15) is 45.5 Å². The Bertz CT molecular complexity index is 1770. The highest BCUT2D eigenvalue weighted by atomic mass is 16.5. The summed E-state index contributed by atoms with van der Waals surface area (Å²) in [4.78, 5) is 9.49. The molecule has 0 saturated heterocycles. The van der Waals surface area contributed by atoms with Gasteiger partial charge in [0.25, 0.3) is 0 Å². The second kappa shape index (κ2) is 8.58. The number of aromatic nitrogens is 6. The summed E-state index contributed by atoms with van der Waals surface area (Å²) in [6.07, 6.45) is 3.28. The monoisotopic (exact) mass is 504 g/mol. The van der Waals surface area contributed by atoms with E-state index in [1.54, 1.807) is 17.1 Å². The van der Waals surface area contributed by atoms with Crippen LogP contribution in [0.25, 0.3) is 11.3 Å². The molecular formula is C29H24N6O3. The normalized spacial score (nSPS) is 14.2. The molecular weight excluding hydrogens is 480 g/mol. The number of aryl methyl sites for hydroxylation is 3. The highest BCUT2D eigenvalue weighted by Gasteiger charge is 2.39. The summed E-state index contributed by atoms with van der Waals surface area (Å²) in [7, 11) is 0. The van der Waals surface area contributed by atoms with Gasteiger partial charge in [-0.25, -0.2) is 19.2 Å². The molecule has 5 heterocycles. The molecule has 0 spiro atoms. The molecule has 0 radical (unpaired) electrons. The van der Waals surface area contributed by atoms with E-state index in [0.717, 1.165) is 45.1 Å². The molecule has 0 aliphatic carbocycles. The third-order valence-corrected chi connectivity index (χ3v) is 6.85. The number of hydrogen-bond acceptors (Lipinski definition) is 7. The van der Waals surface area contributed by atoms with Gasteiger partial charge in [0.2, 0.25) is 11.8 Å². The number of nitrogens with zero attached hydrogens (tertiary/aromatic N) is 6. The zero-order chi connectivity index (χ0) is 25.8. The largest absolute Gasteiger partial charge is 0.485 e. The number of rotatable bonds is 5. The number of benzene rings is 2. The van der Waals surface area contributed by atoms with Crippen molar-refractivity contribution >= 4 is 5.65 Å². The molecule has 4 aromatic heterocycles. The highest BCUT2D eigenvalue weighted by molar-refractivity contribution is 5.65. The minimum absolute atomic E-state index is 0.227. The molecule has 7 rings (SSSR count). The van der Waals surface area contributed by atoms with Crippen LogP contribution in [0.4, 0.5) is 0 Å². The molecule has 0 saturated carbocycles. The Morgan fingerprint density at radius 2 is 1.71 bits per heavy atom. The van der Waals surface area contributed by atoms with Crippen molar-refractivity contribution in [2.75, 3.05) is 0 Å². The first kappa shape index (κ1) is 22.3. The van der Waals surface area contributed by atoms with Crippen molar-refractivity contribution in [1.29, 1.82) is 0 Å². The minimum atomic E-state index is -0.325. The Labute approximate surface area is 218 Å². The zero-order valence-electron chi connectivity index (χ0n) is 21.1. The molecule has 0 N–H and O–H groups in total. The third-order valence-electron chi connectivity index (χ3n) is 6.85. The fourth-order valence-electron chi connectivity index (χ4n) is 5.13. The fraction of sp³-hybridized carbons (Fsp3) is 0.172. The lowest BCUT2D eigenvalue weighted by Gasteiger charge is -2.24. The summed E-state index contributed by atoms with van der Waals surface area (Å²) in [5.74, 6) is 2.86. The Morgan fingerprint density at radius 1 is 0.895 bits per heavy atom. The average molecular weight is 505 g/mol. The average Bonchev–Trinajstić information content (AvgIpc) is 3.67. The molecule has 1 atom stereocenters. The topological polar surface area (TPSA) is 92.5 Å². The molecule has 38 heavy (non-hydrogen) atoms. The van der Waals surface area contributed by atoms with Gasteiger partial charge in [-0.3, -0.25) is 0 Å². The van der Waals surface area contributed by atoms with Crippen LogP contribution in [0.2, 0.25) is 0 Å². The summed E-state index contributed by atoms with van der Waals surface area (Å²) in [5, 5.41) is 9.48. The van der Waals surface area contributed by atoms with Gasteiger partial charge in [-0.2, -0.15) is 5.10 Å². The number of furan rings is 1. The van der Waals surface area contributed by atoms with Crippen LogP contribution in [0.15, 0.2) is 77.7 Å². The summed E-state index contributed by atoms with van der Waals surface area (Å²) in [6, 6.07) is 19.8. The SMILES string of the molecule is Cc1cccc(C)c1OCc1nc2c3c(ncn2n1)Oc1c(c(C)nn1-c1ccccc1)[C@@H]3c1ccco1. The Kier molecular flexibility index (Phi) is 5.04. The molecule has 6 aromatic rings. The first-order valence-corrected chi connectivity index (χ1v) is 12.4. The van der Waals surface area contributed by atoms with Gasteiger partial charge >= 0.3 is 0 Å². The Balaban J connectivity index is 1.35. The predicted molar refractivity (Wildman–Crippen MR) is 139 cm³/mol. The van der Waals surface area contributed by atoms with E-state index >= 15 is 0 Å². The fourth-order valence-corrected chi connectivity index (χ4v) is 5.13. The highest BCUT2D eigenvalue weighted by Crippen LogP contribution is 2.49. The number of hydrogen-bond donors (Lipinski definition) is 0. The van der Waals surface area contributed by atoms with Gasteiger partial charge in [0.05, 0.1) is 34.7 Å². The quantitative estimate of drug-likeness (QED) is 0.297. The first-order chi connectivity index (χ1) is 18.6. The zero-order valence-corrected chi connectivity index (χ0v) is 21.1. The van der Waals surface area contributed by atoms with Gasteiger partial charge in [-0.05, 0) is 56.2 Å². The van der Waals surface area contributed by atoms with Crippen LogP contribution in [0.5, 0.6) is 17.5 Å². The molecule has 1 aliphatic heterocycles. The standard InChI is InChI=1S/C29H24N6O3/c1-17-9-7-10-18(2)26(17)37-15-22-31-27-25-24(21-13-8-14-36-21)23-19(3)32-35(20-11-5-4-6-12-20)29(23)38-28(25)30-16-34(27)33-22/h4-14,16,24H,15H2,1-3H3/t24-/m0/s1. The smallest absolute Gasteiger partial charge is 0.230 e. The molecule has 0 amide bonds. The van der Waals surface area contributed by atoms with Crippen LogP contribution in [0, 0.1) is 20.8 Å². The lowest BCUT2D eigenvalue weighted by atomic mass is 9.88. The van der Waals surface area contributed by atoms with E-state index in [-0.39, 0.29) is 12.5 Å². The number of para-hydroxylation sites is 2. The van der Waals surface area contributed by atoms with E-state index < -0.39 is 0 Å². The van der Waals surface area contributed by atoms with Crippen molar-refractivity contribution in [3.05, 3.63) is 113 Å². The lowest BCUT2D eigenvalue weighted by Crippen LogP contribution is -2.15. The molecule has 188 valence electrons.